The predicted octanol–water partition coefficient (Wildman–Crippen LogP) is 21.4. The zero-order chi connectivity index (χ0) is 83.7. The summed E-state index contributed by atoms with van der Waals surface area (Å²) in [7, 11) is 0. The van der Waals surface area contributed by atoms with Crippen LogP contribution in [0.15, 0.2) is 0 Å². The molecule has 0 amide bonds. The van der Waals surface area contributed by atoms with Crippen molar-refractivity contribution in [2.45, 2.75) is 404 Å². The lowest BCUT2D eigenvalue weighted by atomic mass is 9.42. The van der Waals surface area contributed by atoms with Gasteiger partial charge in [-0.25, -0.2) is 14.4 Å². The van der Waals surface area contributed by atoms with Crippen molar-refractivity contribution in [3.63, 3.8) is 0 Å². The minimum Gasteiger partial charge on any atom is -0.462 e. The molecule has 0 aliphatic heterocycles. The van der Waals surface area contributed by atoms with Crippen molar-refractivity contribution in [3.8, 4) is 0 Å². The minimum atomic E-state index is -0.563. The van der Waals surface area contributed by atoms with Crippen LogP contribution in [-0.2, 0) is 85.8 Å². The first kappa shape index (κ1) is 94.6. The van der Waals surface area contributed by atoms with Gasteiger partial charge in [-0.15, -0.1) is 0 Å². The van der Waals surface area contributed by atoms with E-state index in [0.717, 1.165) is 100 Å². The fourth-order valence-electron chi connectivity index (χ4n) is 23.1. The fraction of sp³-hybridized carbons (Fsp3) is 0.896. The second-order valence-electron chi connectivity index (χ2n) is 41.4. The van der Waals surface area contributed by atoms with Gasteiger partial charge in [-0.2, -0.15) is 0 Å². The Bertz CT molecular complexity index is 3080. The molecule has 8 bridgehead atoms. The van der Waals surface area contributed by atoms with Gasteiger partial charge in [0.05, 0.1) is 27.6 Å². The molecular formula is C96H158O18. The number of rotatable bonds is 32. The van der Waals surface area contributed by atoms with Gasteiger partial charge in [0.25, 0.3) is 0 Å². The number of esters is 8. The lowest BCUT2D eigenvalue weighted by Crippen LogP contribution is -2.58. The van der Waals surface area contributed by atoms with E-state index in [1.54, 1.807) is 0 Å². The second kappa shape index (κ2) is 41.4. The first-order valence-electron chi connectivity index (χ1n) is 46.3. The summed E-state index contributed by atoms with van der Waals surface area (Å²) < 4.78 is 44.7. The predicted molar refractivity (Wildman–Crippen MR) is 442 cm³/mol. The summed E-state index contributed by atoms with van der Waals surface area (Å²) in [5, 5.41) is 0. The van der Waals surface area contributed by atoms with E-state index in [9.17, 15) is 47.9 Å². The highest BCUT2D eigenvalue weighted by Crippen LogP contribution is 2.67. The molecule has 0 aromatic heterocycles. The molecule has 650 valence electrons. The number of carbonyl (C=O) groups is 10. The smallest absolute Gasteiger partial charge is 0.344 e. The molecule has 18 nitrogen and oxygen atoms in total. The zero-order valence-corrected chi connectivity index (χ0v) is 74.6. The molecule has 18 heteroatoms. The summed E-state index contributed by atoms with van der Waals surface area (Å²) in [6, 6.07) is 0. The van der Waals surface area contributed by atoms with Crippen molar-refractivity contribution in [3.05, 3.63) is 0 Å². The van der Waals surface area contributed by atoms with Crippen LogP contribution in [-0.4, -0.2) is 109 Å². The van der Waals surface area contributed by atoms with Crippen molar-refractivity contribution in [2.75, 3.05) is 33.0 Å². The Morgan fingerprint density at radius 2 is 0.675 bits per heavy atom. The van der Waals surface area contributed by atoms with E-state index in [1.807, 2.05) is 83.1 Å². The van der Waals surface area contributed by atoms with E-state index in [4.69, 9.17) is 37.9 Å². The van der Waals surface area contributed by atoms with Gasteiger partial charge in [0, 0.05) is 24.2 Å². The third kappa shape index (κ3) is 23.8. The fourth-order valence-corrected chi connectivity index (χ4v) is 23.1. The topological polar surface area (TPSA) is 245 Å². The molecule has 0 spiro atoms. The molecule has 13 aliphatic rings. The van der Waals surface area contributed by atoms with E-state index < -0.39 is 38.6 Å². The molecule has 114 heavy (non-hydrogen) atoms. The Hall–Kier alpha value is -4.90. The van der Waals surface area contributed by atoms with Crippen LogP contribution in [0.3, 0.4) is 0 Å². The monoisotopic (exact) mass is 1600 g/mol. The van der Waals surface area contributed by atoms with Crippen LogP contribution >= 0.6 is 0 Å². The van der Waals surface area contributed by atoms with Gasteiger partial charge < -0.3 is 37.9 Å². The summed E-state index contributed by atoms with van der Waals surface area (Å²) in [6.07, 6.45) is 45.1. The molecule has 0 aromatic rings. The van der Waals surface area contributed by atoms with Gasteiger partial charge in [-0.3, -0.25) is 33.6 Å². The Kier molecular flexibility index (Phi) is 34.3. The highest BCUT2D eigenvalue weighted by atomic mass is 16.6. The van der Waals surface area contributed by atoms with Crippen molar-refractivity contribution < 1.29 is 85.8 Å². The Labute approximate surface area is 688 Å². The summed E-state index contributed by atoms with van der Waals surface area (Å²) in [5.41, 5.74) is -3.66. The van der Waals surface area contributed by atoms with Crippen molar-refractivity contribution in [2.24, 2.45) is 109 Å². The number of ether oxygens (including phenoxy) is 8. The summed E-state index contributed by atoms with van der Waals surface area (Å²) >= 11 is 0. The van der Waals surface area contributed by atoms with E-state index in [1.165, 1.54) is 148 Å². The highest BCUT2D eigenvalue weighted by Gasteiger charge is 2.60. The van der Waals surface area contributed by atoms with Gasteiger partial charge in [-0.1, -0.05) is 138 Å². The Morgan fingerprint density at radius 1 is 0.342 bits per heavy atom. The lowest BCUT2D eigenvalue weighted by Gasteiger charge is -2.62. The van der Waals surface area contributed by atoms with Crippen molar-refractivity contribution >= 4 is 59.3 Å². The molecular weight excluding hydrogens is 1440 g/mol. The normalized spacial score (nSPS) is 28.1. The maximum absolute atomic E-state index is 13.6. The van der Waals surface area contributed by atoms with Gasteiger partial charge in [-0.05, 0) is 307 Å². The zero-order valence-electron chi connectivity index (χ0n) is 74.6. The van der Waals surface area contributed by atoms with E-state index in [0.29, 0.717) is 74.0 Å². The van der Waals surface area contributed by atoms with Crippen LogP contribution in [0, 0.1) is 109 Å². The average molecular weight is 1600 g/mol. The van der Waals surface area contributed by atoms with E-state index >= 15 is 0 Å². The average Bonchev–Trinajstić information content (AvgIpc) is 0.725. The minimum absolute atomic E-state index is 0.000478. The molecule has 0 aromatic carbocycles. The molecule has 0 N–H and O–H groups in total. The maximum atomic E-state index is 13.6. The van der Waals surface area contributed by atoms with E-state index in [-0.39, 0.29) is 128 Å². The lowest BCUT2D eigenvalue weighted by molar-refractivity contribution is -0.208. The molecule has 0 radical (unpaired) electrons. The van der Waals surface area contributed by atoms with Crippen molar-refractivity contribution in [1.82, 2.24) is 0 Å². The first-order chi connectivity index (χ1) is 53.8. The number of hydrogen-bond donors (Lipinski definition) is 0. The highest BCUT2D eigenvalue weighted by molar-refractivity contribution is 5.92. The molecule has 13 aliphatic carbocycles. The van der Waals surface area contributed by atoms with Crippen LogP contribution in [0.1, 0.15) is 387 Å². The number of ketones is 2. The summed E-state index contributed by atoms with van der Waals surface area (Å²) in [5.74, 6) is 3.39. The molecule has 2 unspecified atom stereocenters. The summed E-state index contributed by atoms with van der Waals surface area (Å²) in [4.78, 5) is 126. The van der Waals surface area contributed by atoms with Crippen LogP contribution in [0.5, 0.6) is 0 Å². The number of hydrogen-bond acceptors (Lipinski definition) is 18. The van der Waals surface area contributed by atoms with Crippen LogP contribution in [0.4, 0.5) is 0 Å². The van der Waals surface area contributed by atoms with Crippen LogP contribution in [0.2, 0.25) is 0 Å². The van der Waals surface area contributed by atoms with Gasteiger partial charge in [0.15, 0.2) is 19.8 Å². The standard InChI is InChI=1S/C32H50O6.C23H40O4.C22H38O4.C19H30O4/c1-6-30(2,3)29(36)38-14-13-37-28(35)25-10-8-7-9-24(25)26(33)11-12-27(34)31(4,5)32-18-21-15-22(19-32)17-23(16-21)20-32;1-5-22(3,4)21(25)26-17-20(24)27-23(6-2,18-13-9-7-10-14-18)19-15-11-8-12-16-19;1-5-21(2,3)20(24)25-16-19(23)26-22(4,17-12-8-6-9-13-17)18-14-10-7-11-15-18;1-5-18(2,3)17(21)22-11-16(20)23-19(4)14-7-12-6-13(9-14)10-15(19)8-12/h21-25H,6-20H2,1-5H3;18-19H,5-17H2,1-4H3;17-18H,5-16H2,1-4H3;12-15H,5-11H2,1-4H3. The molecule has 13 saturated carbocycles. The SMILES string of the molecule is CCC(C)(C)C(=O)OCC(=O)OC(C)(C1CCCCC1)C1CCCCC1.CCC(C)(C)C(=O)OCC(=O)OC(CC)(C1CCCCC1)C1CCCCC1.CCC(C)(C)C(=O)OCC(=O)OC1(C)C2CC3CC(C2)CC1C3.CCC(C)(C)C(=O)OCCOC(=O)C1CCCCC1C(=O)CCC(=O)C(C)(C)C12CC3CC(CC(C3)C1)C2. The van der Waals surface area contributed by atoms with Gasteiger partial charge in [0.2, 0.25) is 0 Å². The number of carbonyl (C=O) groups excluding carboxylic acids is 10. The van der Waals surface area contributed by atoms with Gasteiger partial charge in [0.1, 0.15) is 41.6 Å². The molecule has 13 rings (SSSR count). The van der Waals surface area contributed by atoms with E-state index in [2.05, 4.69) is 34.6 Å². The van der Waals surface area contributed by atoms with Gasteiger partial charge >= 0.3 is 47.8 Å². The van der Waals surface area contributed by atoms with Crippen LogP contribution < -0.4 is 0 Å². The third-order valence-corrected chi connectivity index (χ3v) is 32.1. The van der Waals surface area contributed by atoms with Crippen molar-refractivity contribution in [1.29, 1.82) is 0 Å². The molecule has 0 heterocycles. The molecule has 2 atom stereocenters. The molecule has 0 saturated heterocycles. The number of Topliss-reactive ketones (excluding diaryl/α,β-unsaturated/α-hetero) is 2. The Balaban J connectivity index is 0.000000194. The summed E-state index contributed by atoms with van der Waals surface area (Å²) in [6.45, 7) is 32.4. The quantitative estimate of drug-likeness (QED) is 0.0345. The maximum Gasteiger partial charge on any atom is 0.344 e. The first-order valence-corrected chi connectivity index (χ1v) is 46.3. The molecule has 13 fully saturated rings. The van der Waals surface area contributed by atoms with Crippen LogP contribution in [0.25, 0.3) is 0 Å². The second-order valence-corrected chi connectivity index (χ2v) is 41.4. The Morgan fingerprint density at radius 3 is 1.06 bits per heavy atom. The largest absolute Gasteiger partial charge is 0.462 e. The third-order valence-electron chi connectivity index (χ3n) is 32.1.